The number of carbonyl (C=O) groups is 2. The highest BCUT2D eigenvalue weighted by Gasteiger charge is 2.42. The first kappa shape index (κ1) is 18.3. The van der Waals surface area contributed by atoms with E-state index in [1.54, 1.807) is 13.8 Å². The first-order valence-electron chi connectivity index (χ1n) is 7.72. The van der Waals surface area contributed by atoms with Gasteiger partial charge in [0.2, 0.25) is 5.91 Å². The standard InChI is InChI=1S/C17H20F3NO3/c1-11(12-5-3-4-6-13(12)17(18,19)20)9-14(22)21-8-7-16(2,10-21)15(23)24/h3-6,11H,7-10H2,1-2H3,(H,23,24)/t11-,16-/m1/s1. The molecule has 2 rings (SSSR count). The maximum Gasteiger partial charge on any atom is 0.416 e. The Kier molecular flexibility index (Phi) is 4.92. The molecule has 1 fully saturated rings. The molecule has 1 heterocycles. The van der Waals surface area contributed by atoms with E-state index in [1.807, 2.05) is 0 Å². The highest BCUT2D eigenvalue weighted by molar-refractivity contribution is 5.81. The Balaban J connectivity index is 2.10. The normalized spacial score (nSPS) is 22.5. The van der Waals surface area contributed by atoms with Crippen molar-refractivity contribution in [2.45, 2.75) is 38.8 Å². The van der Waals surface area contributed by atoms with Crippen molar-refractivity contribution in [3.63, 3.8) is 0 Å². The van der Waals surface area contributed by atoms with Gasteiger partial charge in [0.1, 0.15) is 0 Å². The largest absolute Gasteiger partial charge is 0.481 e. The molecule has 1 aliphatic heterocycles. The van der Waals surface area contributed by atoms with E-state index in [2.05, 4.69) is 0 Å². The third kappa shape index (κ3) is 3.71. The molecule has 132 valence electrons. The van der Waals surface area contributed by atoms with Crippen LogP contribution in [0.5, 0.6) is 0 Å². The third-order valence-electron chi connectivity index (χ3n) is 4.62. The summed E-state index contributed by atoms with van der Waals surface area (Å²) in [6.45, 7) is 3.56. The summed E-state index contributed by atoms with van der Waals surface area (Å²) >= 11 is 0. The van der Waals surface area contributed by atoms with E-state index in [0.29, 0.717) is 13.0 Å². The van der Waals surface area contributed by atoms with E-state index in [4.69, 9.17) is 0 Å². The fraction of sp³-hybridized carbons (Fsp3) is 0.529. The van der Waals surface area contributed by atoms with Gasteiger partial charge in [0, 0.05) is 19.5 Å². The minimum atomic E-state index is -4.47. The summed E-state index contributed by atoms with van der Waals surface area (Å²) in [4.78, 5) is 25.0. The number of carboxylic acids is 1. The topological polar surface area (TPSA) is 57.6 Å². The highest BCUT2D eigenvalue weighted by atomic mass is 19.4. The van der Waals surface area contributed by atoms with E-state index in [9.17, 15) is 27.9 Å². The summed E-state index contributed by atoms with van der Waals surface area (Å²) in [6, 6.07) is 5.22. The third-order valence-corrected chi connectivity index (χ3v) is 4.62. The molecule has 2 atom stereocenters. The molecule has 0 aromatic heterocycles. The van der Waals surface area contributed by atoms with Crippen molar-refractivity contribution >= 4 is 11.9 Å². The van der Waals surface area contributed by atoms with Crippen molar-refractivity contribution in [2.75, 3.05) is 13.1 Å². The van der Waals surface area contributed by atoms with Crippen LogP contribution in [0.2, 0.25) is 0 Å². The molecule has 0 radical (unpaired) electrons. The van der Waals surface area contributed by atoms with Crippen LogP contribution in [0, 0.1) is 5.41 Å². The Hall–Kier alpha value is -2.05. The number of likely N-dealkylation sites (tertiary alicyclic amines) is 1. The van der Waals surface area contributed by atoms with Crippen LogP contribution in [-0.2, 0) is 15.8 Å². The highest BCUT2D eigenvalue weighted by Crippen LogP contribution is 2.37. The molecule has 24 heavy (non-hydrogen) atoms. The van der Waals surface area contributed by atoms with Crippen molar-refractivity contribution in [3.8, 4) is 0 Å². The number of hydrogen-bond acceptors (Lipinski definition) is 2. The molecule has 1 saturated heterocycles. The first-order chi connectivity index (χ1) is 11.0. The lowest BCUT2D eigenvalue weighted by Gasteiger charge is -2.23. The molecule has 1 aromatic rings. The molecule has 1 N–H and O–H groups in total. The summed E-state index contributed by atoms with van der Waals surface area (Å²) in [6.07, 6.45) is -4.20. The van der Waals surface area contributed by atoms with Gasteiger partial charge in [-0.3, -0.25) is 9.59 Å². The van der Waals surface area contributed by atoms with Crippen LogP contribution in [0.4, 0.5) is 13.2 Å². The number of carbonyl (C=O) groups excluding carboxylic acids is 1. The molecular formula is C17H20F3NO3. The lowest BCUT2D eigenvalue weighted by atomic mass is 9.90. The summed E-state index contributed by atoms with van der Waals surface area (Å²) in [5.74, 6) is -1.88. The molecule has 7 heteroatoms. The number of hydrogen-bond donors (Lipinski definition) is 1. The second-order valence-electron chi connectivity index (χ2n) is 6.62. The van der Waals surface area contributed by atoms with Crippen LogP contribution >= 0.6 is 0 Å². The van der Waals surface area contributed by atoms with E-state index in [0.717, 1.165) is 6.07 Å². The number of alkyl halides is 3. The molecule has 1 aromatic carbocycles. The van der Waals surface area contributed by atoms with Gasteiger partial charge < -0.3 is 10.0 Å². The summed E-state index contributed by atoms with van der Waals surface area (Å²) in [5, 5.41) is 9.19. The van der Waals surface area contributed by atoms with Gasteiger partial charge in [0.05, 0.1) is 11.0 Å². The summed E-state index contributed by atoms with van der Waals surface area (Å²) in [5.41, 5.74) is -1.64. The van der Waals surface area contributed by atoms with Crippen LogP contribution in [0.3, 0.4) is 0 Å². The molecule has 0 unspecified atom stereocenters. The molecule has 4 nitrogen and oxygen atoms in total. The number of rotatable bonds is 4. The van der Waals surface area contributed by atoms with Crippen LogP contribution in [0.1, 0.15) is 43.7 Å². The Morgan fingerprint density at radius 2 is 1.96 bits per heavy atom. The van der Waals surface area contributed by atoms with Crippen LogP contribution in [0.15, 0.2) is 24.3 Å². The van der Waals surface area contributed by atoms with Crippen LogP contribution in [-0.4, -0.2) is 35.0 Å². The molecule has 0 saturated carbocycles. The number of halogens is 3. The molecule has 0 aliphatic carbocycles. The average Bonchev–Trinajstić information content (AvgIpc) is 2.90. The van der Waals surface area contributed by atoms with Crippen molar-refractivity contribution in [1.29, 1.82) is 0 Å². The fourth-order valence-electron chi connectivity index (χ4n) is 3.03. The predicted molar refractivity (Wildman–Crippen MR) is 81.4 cm³/mol. The first-order valence-corrected chi connectivity index (χ1v) is 7.72. The van der Waals surface area contributed by atoms with Gasteiger partial charge >= 0.3 is 12.1 Å². The minimum Gasteiger partial charge on any atom is -0.481 e. The number of carboxylic acid groups (broad SMARTS) is 1. The lowest BCUT2D eigenvalue weighted by molar-refractivity contribution is -0.147. The molecule has 1 amide bonds. The van der Waals surface area contributed by atoms with E-state index in [-0.39, 0.29) is 24.4 Å². The van der Waals surface area contributed by atoms with Gasteiger partial charge in [0.15, 0.2) is 0 Å². The number of amides is 1. The van der Waals surface area contributed by atoms with E-state index >= 15 is 0 Å². The number of benzene rings is 1. The van der Waals surface area contributed by atoms with Gasteiger partial charge in [-0.2, -0.15) is 13.2 Å². The van der Waals surface area contributed by atoms with Gasteiger partial charge in [-0.15, -0.1) is 0 Å². The zero-order valence-corrected chi connectivity index (χ0v) is 13.6. The Morgan fingerprint density at radius 1 is 1.33 bits per heavy atom. The molecule has 0 spiro atoms. The van der Waals surface area contributed by atoms with Crippen molar-refractivity contribution < 1.29 is 27.9 Å². The molecule has 0 bridgehead atoms. The minimum absolute atomic E-state index is 0.0806. The molecule has 1 aliphatic rings. The number of nitrogens with zero attached hydrogens (tertiary/aromatic N) is 1. The van der Waals surface area contributed by atoms with Gasteiger partial charge in [-0.25, -0.2) is 0 Å². The monoisotopic (exact) mass is 343 g/mol. The van der Waals surface area contributed by atoms with Crippen LogP contribution in [0.25, 0.3) is 0 Å². The second-order valence-corrected chi connectivity index (χ2v) is 6.62. The Bertz CT molecular complexity index is 644. The second kappa shape index (κ2) is 6.45. The quantitative estimate of drug-likeness (QED) is 0.910. The van der Waals surface area contributed by atoms with Gasteiger partial charge in [-0.1, -0.05) is 25.1 Å². The zero-order chi connectivity index (χ0) is 18.1. The van der Waals surface area contributed by atoms with Crippen molar-refractivity contribution in [3.05, 3.63) is 35.4 Å². The van der Waals surface area contributed by atoms with Gasteiger partial charge in [0.25, 0.3) is 0 Å². The fourth-order valence-corrected chi connectivity index (χ4v) is 3.03. The maximum atomic E-state index is 13.1. The van der Waals surface area contributed by atoms with E-state index < -0.39 is 29.0 Å². The van der Waals surface area contributed by atoms with Crippen molar-refractivity contribution in [1.82, 2.24) is 4.90 Å². The zero-order valence-electron chi connectivity index (χ0n) is 13.6. The lowest BCUT2D eigenvalue weighted by Crippen LogP contribution is -2.35. The maximum absolute atomic E-state index is 13.1. The van der Waals surface area contributed by atoms with Gasteiger partial charge in [-0.05, 0) is 30.9 Å². The predicted octanol–water partition coefficient (Wildman–Crippen LogP) is 3.52. The smallest absolute Gasteiger partial charge is 0.416 e. The molecular weight excluding hydrogens is 323 g/mol. The average molecular weight is 343 g/mol. The van der Waals surface area contributed by atoms with E-state index in [1.165, 1.54) is 23.1 Å². The van der Waals surface area contributed by atoms with Crippen molar-refractivity contribution in [2.24, 2.45) is 5.41 Å². The Labute approximate surface area is 138 Å². The van der Waals surface area contributed by atoms with Crippen LogP contribution < -0.4 is 0 Å². The number of aliphatic carboxylic acids is 1. The summed E-state index contributed by atoms with van der Waals surface area (Å²) < 4.78 is 39.2. The summed E-state index contributed by atoms with van der Waals surface area (Å²) in [7, 11) is 0. The Morgan fingerprint density at radius 3 is 2.50 bits per heavy atom. The SMILES string of the molecule is C[C@H](CC(=O)N1CC[C@@](C)(C(=O)O)C1)c1ccccc1C(F)(F)F.